The van der Waals surface area contributed by atoms with E-state index in [0.717, 1.165) is 42.2 Å². The summed E-state index contributed by atoms with van der Waals surface area (Å²) >= 11 is 1.61. The van der Waals surface area contributed by atoms with Gasteiger partial charge in [-0.25, -0.2) is 4.79 Å². The molecule has 1 heterocycles. The van der Waals surface area contributed by atoms with Crippen molar-refractivity contribution in [2.24, 2.45) is 23.7 Å². The van der Waals surface area contributed by atoms with E-state index >= 15 is 0 Å². The van der Waals surface area contributed by atoms with Crippen LogP contribution in [0.3, 0.4) is 0 Å². The molecule has 0 saturated heterocycles. The highest BCUT2D eigenvalue weighted by molar-refractivity contribution is 7.17. The van der Waals surface area contributed by atoms with E-state index < -0.39 is 0 Å². The zero-order valence-electron chi connectivity index (χ0n) is 15.8. The van der Waals surface area contributed by atoms with Crippen LogP contribution in [-0.2, 0) is 22.4 Å². The van der Waals surface area contributed by atoms with Gasteiger partial charge in [0.2, 0.25) is 5.91 Å². The number of thiophene rings is 1. The molecular formula is C21H29NO3S. The third kappa shape index (κ3) is 3.19. The summed E-state index contributed by atoms with van der Waals surface area (Å²) in [5, 5.41) is 3.88. The van der Waals surface area contributed by atoms with E-state index in [0.29, 0.717) is 24.0 Å². The molecule has 0 unspecified atom stereocenters. The van der Waals surface area contributed by atoms with Crippen molar-refractivity contribution in [1.29, 1.82) is 0 Å². The Morgan fingerprint density at radius 3 is 2.69 bits per heavy atom. The molecule has 0 aliphatic heterocycles. The topological polar surface area (TPSA) is 55.4 Å². The van der Waals surface area contributed by atoms with Crippen LogP contribution in [0.5, 0.6) is 0 Å². The van der Waals surface area contributed by atoms with Gasteiger partial charge in [0.25, 0.3) is 0 Å². The van der Waals surface area contributed by atoms with Gasteiger partial charge in [0.1, 0.15) is 5.00 Å². The van der Waals surface area contributed by atoms with Crippen molar-refractivity contribution in [2.75, 3.05) is 11.9 Å². The van der Waals surface area contributed by atoms with Crippen molar-refractivity contribution in [1.82, 2.24) is 0 Å². The Morgan fingerprint density at radius 2 is 2.04 bits per heavy atom. The number of nitrogens with one attached hydrogen (secondary N) is 1. The molecule has 3 aliphatic carbocycles. The number of hydrogen-bond donors (Lipinski definition) is 1. The lowest BCUT2D eigenvalue weighted by molar-refractivity contribution is -0.121. The highest BCUT2D eigenvalue weighted by Gasteiger charge is 2.43. The second kappa shape index (κ2) is 7.34. The third-order valence-corrected chi connectivity index (χ3v) is 7.91. The molecule has 2 fully saturated rings. The standard InChI is InChI=1S/C21H29NO3S/c1-3-12-6-8-15-17(11-12)26-20(18(15)21(24)25-4-2)22-19(23)16-10-13-5-7-14(16)9-13/h12-14,16H,3-11H2,1-2H3,(H,22,23)/t12-,13-,14-,16-/m1/s1. The summed E-state index contributed by atoms with van der Waals surface area (Å²) in [5.74, 6) is 1.94. The van der Waals surface area contributed by atoms with Gasteiger partial charge in [0.15, 0.2) is 0 Å². The molecule has 1 aromatic heterocycles. The molecule has 5 heteroatoms. The number of anilines is 1. The van der Waals surface area contributed by atoms with Gasteiger partial charge in [-0.05, 0) is 68.8 Å². The van der Waals surface area contributed by atoms with Crippen LogP contribution in [-0.4, -0.2) is 18.5 Å². The van der Waals surface area contributed by atoms with Gasteiger partial charge in [-0.15, -0.1) is 11.3 Å². The summed E-state index contributed by atoms with van der Waals surface area (Å²) in [6.07, 6.45) is 8.93. The molecule has 2 bridgehead atoms. The molecule has 1 N–H and O–H groups in total. The second-order valence-electron chi connectivity index (χ2n) is 8.22. The lowest BCUT2D eigenvalue weighted by Gasteiger charge is -2.21. The van der Waals surface area contributed by atoms with Crippen LogP contribution >= 0.6 is 11.3 Å². The van der Waals surface area contributed by atoms with E-state index in [-0.39, 0.29) is 17.8 Å². The maximum atomic E-state index is 12.9. The highest BCUT2D eigenvalue weighted by atomic mass is 32.1. The van der Waals surface area contributed by atoms with Crippen LogP contribution in [0.1, 0.15) is 73.2 Å². The summed E-state index contributed by atoms with van der Waals surface area (Å²) in [5.41, 5.74) is 1.76. The van der Waals surface area contributed by atoms with Crippen LogP contribution in [0, 0.1) is 23.7 Å². The first-order valence-electron chi connectivity index (χ1n) is 10.2. The van der Waals surface area contributed by atoms with Crippen LogP contribution in [0.25, 0.3) is 0 Å². The Labute approximate surface area is 159 Å². The largest absolute Gasteiger partial charge is 0.462 e. The van der Waals surface area contributed by atoms with Crippen LogP contribution in [0.4, 0.5) is 5.00 Å². The maximum absolute atomic E-state index is 12.9. The Morgan fingerprint density at radius 1 is 1.19 bits per heavy atom. The van der Waals surface area contributed by atoms with Gasteiger partial charge in [0.05, 0.1) is 12.2 Å². The molecule has 0 spiro atoms. The monoisotopic (exact) mass is 375 g/mol. The fraction of sp³-hybridized carbons (Fsp3) is 0.714. The molecule has 1 aromatic rings. The van der Waals surface area contributed by atoms with E-state index in [2.05, 4.69) is 12.2 Å². The zero-order valence-corrected chi connectivity index (χ0v) is 16.6. The Hall–Kier alpha value is -1.36. The van der Waals surface area contributed by atoms with Gasteiger partial charge >= 0.3 is 5.97 Å². The minimum atomic E-state index is -0.275. The molecule has 26 heavy (non-hydrogen) atoms. The van der Waals surface area contributed by atoms with Gasteiger partial charge in [0, 0.05) is 10.8 Å². The molecule has 3 aliphatic rings. The number of fused-ring (bicyclic) bond motifs is 3. The number of carbonyl (C=O) groups is 2. The average molecular weight is 376 g/mol. The molecule has 0 radical (unpaired) electrons. The number of ether oxygens (including phenoxy) is 1. The normalized spacial score (nSPS) is 29.5. The van der Waals surface area contributed by atoms with E-state index in [4.69, 9.17) is 4.74 Å². The number of hydrogen-bond acceptors (Lipinski definition) is 4. The Bertz CT molecular complexity index is 710. The number of esters is 1. The first kappa shape index (κ1) is 18.0. The molecule has 2 saturated carbocycles. The van der Waals surface area contributed by atoms with Crippen molar-refractivity contribution < 1.29 is 14.3 Å². The van der Waals surface area contributed by atoms with Gasteiger partial charge in [-0.1, -0.05) is 19.8 Å². The predicted molar refractivity (Wildman–Crippen MR) is 104 cm³/mol. The molecular weight excluding hydrogens is 346 g/mol. The van der Waals surface area contributed by atoms with Gasteiger partial charge < -0.3 is 10.1 Å². The first-order valence-corrected chi connectivity index (χ1v) is 11.0. The zero-order chi connectivity index (χ0) is 18.3. The molecule has 4 nitrogen and oxygen atoms in total. The second-order valence-corrected chi connectivity index (χ2v) is 9.32. The van der Waals surface area contributed by atoms with Crippen molar-refractivity contribution >= 4 is 28.2 Å². The Kier molecular flexibility index (Phi) is 5.09. The number of carbonyl (C=O) groups excluding carboxylic acids is 2. The lowest BCUT2D eigenvalue weighted by atomic mass is 9.85. The smallest absolute Gasteiger partial charge is 0.341 e. The fourth-order valence-electron chi connectivity index (χ4n) is 5.28. The molecule has 0 aromatic carbocycles. The van der Waals surface area contributed by atoms with Crippen LogP contribution in [0.2, 0.25) is 0 Å². The third-order valence-electron chi connectivity index (χ3n) is 6.74. The Balaban J connectivity index is 1.59. The molecule has 4 atom stereocenters. The van der Waals surface area contributed by atoms with Crippen molar-refractivity contribution in [3.05, 3.63) is 16.0 Å². The van der Waals surface area contributed by atoms with E-state index in [1.54, 1.807) is 11.3 Å². The summed E-state index contributed by atoms with van der Waals surface area (Å²) in [7, 11) is 0. The summed E-state index contributed by atoms with van der Waals surface area (Å²) in [6, 6.07) is 0. The maximum Gasteiger partial charge on any atom is 0.341 e. The number of rotatable bonds is 5. The van der Waals surface area contributed by atoms with Gasteiger partial charge in [-0.2, -0.15) is 0 Å². The molecule has 1 amide bonds. The van der Waals surface area contributed by atoms with Crippen LogP contribution < -0.4 is 5.32 Å². The predicted octanol–water partition coefficient (Wildman–Crippen LogP) is 4.81. The minimum absolute atomic E-state index is 0.119. The molecule has 4 rings (SSSR count). The van der Waals surface area contributed by atoms with Crippen molar-refractivity contribution in [2.45, 2.75) is 65.2 Å². The van der Waals surface area contributed by atoms with Crippen LogP contribution in [0.15, 0.2) is 0 Å². The summed E-state index contributed by atoms with van der Waals surface area (Å²) < 4.78 is 5.32. The summed E-state index contributed by atoms with van der Waals surface area (Å²) in [4.78, 5) is 26.8. The highest BCUT2D eigenvalue weighted by Crippen LogP contribution is 2.49. The van der Waals surface area contributed by atoms with Crippen molar-refractivity contribution in [3.8, 4) is 0 Å². The van der Waals surface area contributed by atoms with Gasteiger partial charge in [-0.3, -0.25) is 4.79 Å². The fourth-order valence-corrected chi connectivity index (χ4v) is 6.63. The average Bonchev–Trinajstić information content (AvgIpc) is 3.34. The van der Waals surface area contributed by atoms with Crippen molar-refractivity contribution in [3.63, 3.8) is 0 Å². The van der Waals surface area contributed by atoms with E-state index in [1.807, 2.05) is 6.92 Å². The van der Waals surface area contributed by atoms with E-state index in [1.165, 1.54) is 30.6 Å². The number of amides is 1. The minimum Gasteiger partial charge on any atom is -0.462 e. The quantitative estimate of drug-likeness (QED) is 0.751. The lowest BCUT2D eigenvalue weighted by Crippen LogP contribution is -2.27. The SMILES string of the molecule is CCOC(=O)c1c(NC(=O)[C@@H]2C[C@@H]3CC[C@@H]2C3)sc2c1CC[C@@H](CC)C2. The van der Waals surface area contributed by atoms with E-state index in [9.17, 15) is 9.59 Å². The summed E-state index contributed by atoms with van der Waals surface area (Å²) in [6.45, 7) is 4.42. The first-order chi connectivity index (χ1) is 12.6. The molecule has 142 valence electrons.